The lowest BCUT2D eigenvalue weighted by atomic mass is 10.2. The van der Waals surface area contributed by atoms with E-state index in [0.717, 1.165) is 5.56 Å². The van der Waals surface area contributed by atoms with Crippen LogP contribution in [0.4, 0.5) is 0 Å². The molecule has 0 amide bonds. The van der Waals surface area contributed by atoms with E-state index in [1.54, 1.807) is 0 Å². The summed E-state index contributed by atoms with van der Waals surface area (Å²) >= 11 is 5.66. The summed E-state index contributed by atoms with van der Waals surface area (Å²) in [6.45, 7) is 0. The fourth-order valence-corrected chi connectivity index (χ4v) is 1.40. The highest BCUT2D eigenvalue weighted by Crippen LogP contribution is 2.18. The molecule has 2 rings (SSSR count). The summed E-state index contributed by atoms with van der Waals surface area (Å²) in [5.41, 5.74) is 1.47. The van der Waals surface area contributed by atoms with Gasteiger partial charge in [-0.25, -0.2) is 4.98 Å². The van der Waals surface area contributed by atoms with Crippen LogP contribution in [0.15, 0.2) is 36.4 Å². The van der Waals surface area contributed by atoms with Gasteiger partial charge in [0.2, 0.25) is 5.88 Å². The summed E-state index contributed by atoms with van der Waals surface area (Å²) in [5, 5.41) is 9.38. The van der Waals surface area contributed by atoms with E-state index >= 15 is 0 Å². The summed E-state index contributed by atoms with van der Waals surface area (Å²) < 4.78 is 0. The minimum atomic E-state index is -0.0560. The highest BCUT2D eigenvalue weighted by Gasteiger charge is 2.04. The van der Waals surface area contributed by atoms with Gasteiger partial charge in [0.05, 0.1) is 11.6 Å². The van der Waals surface area contributed by atoms with Crippen LogP contribution >= 0.6 is 11.6 Å². The smallest absolute Gasteiger partial charge is 0.214 e. The lowest BCUT2D eigenvalue weighted by Gasteiger charge is -2.02. The Balaban J connectivity index is 2.49. The van der Waals surface area contributed by atoms with E-state index in [4.69, 9.17) is 11.6 Å². The quantitative estimate of drug-likeness (QED) is 0.792. The van der Waals surface area contributed by atoms with Crippen molar-refractivity contribution in [2.45, 2.75) is 5.88 Å². The van der Waals surface area contributed by atoms with Gasteiger partial charge in [0, 0.05) is 11.6 Å². The van der Waals surface area contributed by atoms with Crippen molar-refractivity contribution in [3.8, 4) is 17.3 Å². The molecule has 0 bridgehead atoms. The molecular formula is C11H9ClN2O. The Labute approximate surface area is 92.4 Å². The van der Waals surface area contributed by atoms with Crippen LogP contribution in [0.3, 0.4) is 0 Å². The largest absolute Gasteiger partial charge is 0.493 e. The zero-order valence-corrected chi connectivity index (χ0v) is 8.65. The van der Waals surface area contributed by atoms with Crippen molar-refractivity contribution in [1.82, 2.24) is 9.97 Å². The molecular weight excluding hydrogens is 212 g/mol. The third-order valence-corrected chi connectivity index (χ3v) is 2.21. The molecule has 3 nitrogen and oxygen atoms in total. The van der Waals surface area contributed by atoms with Gasteiger partial charge in [-0.3, -0.25) is 0 Å². The van der Waals surface area contributed by atoms with Crippen molar-refractivity contribution < 1.29 is 5.11 Å². The molecule has 0 atom stereocenters. The van der Waals surface area contributed by atoms with Gasteiger partial charge in [-0.15, -0.1) is 11.6 Å². The van der Waals surface area contributed by atoms with Crippen molar-refractivity contribution in [1.29, 1.82) is 0 Å². The maximum absolute atomic E-state index is 9.38. The number of alkyl halides is 1. The molecule has 1 heterocycles. The molecule has 0 aliphatic heterocycles. The van der Waals surface area contributed by atoms with Crippen LogP contribution in [0.25, 0.3) is 11.4 Å². The molecule has 0 saturated heterocycles. The van der Waals surface area contributed by atoms with Crippen molar-refractivity contribution in [2.24, 2.45) is 0 Å². The number of hydrogen-bond donors (Lipinski definition) is 1. The Bertz CT molecular complexity index is 459. The Hall–Kier alpha value is -1.61. The highest BCUT2D eigenvalue weighted by molar-refractivity contribution is 6.16. The monoisotopic (exact) mass is 220 g/mol. The van der Waals surface area contributed by atoms with Gasteiger partial charge in [-0.05, 0) is 0 Å². The number of halogens is 1. The van der Waals surface area contributed by atoms with E-state index in [1.165, 1.54) is 6.07 Å². The summed E-state index contributed by atoms with van der Waals surface area (Å²) in [6, 6.07) is 10.9. The number of nitrogens with zero attached hydrogens (tertiary/aromatic N) is 2. The standard InChI is InChI=1S/C11H9ClN2O/c12-7-9-6-10(15)14-11(13-9)8-4-2-1-3-5-8/h1-6H,7H2,(H,13,14,15). The molecule has 4 heteroatoms. The molecule has 0 radical (unpaired) electrons. The van der Waals surface area contributed by atoms with Crippen LogP contribution in [-0.2, 0) is 5.88 Å². The SMILES string of the molecule is Oc1cc(CCl)nc(-c2ccccc2)n1. The van der Waals surface area contributed by atoms with Crippen molar-refractivity contribution >= 4 is 11.6 Å². The zero-order chi connectivity index (χ0) is 10.7. The minimum Gasteiger partial charge on any atom is -0.493 e. The maximum atomic E-state index is 9.38. The predicted molar refractivity (Wildman–Crippen MR) is 58.7 cm³/mol. The van der Waals surface area contributed by atoms with Crippen LogP contribution in [0.5, 0.6) is 5.88 Å². The van der Waals surface area contributed by atoms with E-state index in [0.29, 0.717) is 11.5 Å². The number of rotatable bonds is 2. The second-order valence-corrected chi connectivity index (χ2v) is 3.31. The summed E-state index contributed by atoms with van der Waals surface area (Å²) in [6.07, 6.45) is 0. The van der Waals surface area contributed by atoms with Crippen LogP contribution in [-0.4, -0.2) is 15.1 Å². The topological polar surface area (TPSA) is 46.0 Å². The van der Waals surface area contributed by atoms with Gasteiger partial charge >= 0.3 is 0 Å². The van der Waals surface area contributed by atoms with E-state index in [9.17, 15) is 5.11 Å². The Morgan fingerprint density at radius 3 is 2.53 bits per heavy atom. The first-order chi connectivity index (χ1) is 7.29. The van der Waals surface area contributed by atoms with Crippen molar-refractivity contribution in [2.75, 3.05) is 0 Å². The normalized spacial score (nSPS) is 10.2. The molecule has 0 aliphatic rings. The number of benzene rings is 1. The minimum absolute atomic E-state index is 0.0560. The van der Waals surface area contributed by atoms with Gasteiger partial charge in [-0.1, -0.05) is 30.3 Å². The molecule has 1 aromatic carbocycles. The molecule has 1 aromatic heterocycles. The maximum Gasteiger partial charge on any atom is 0.214 e. The fourth-order valence-electron chi connectivity index (χ4n) is 1.27. The first-order valence-corrected chi connectivity index (χ1v) is 5.01. The molecule has 0 spiro atoms. The van der Waals surface area contributed by atoms with Crippen LogP contribution < -0.4 is 0 Å². The third kappa shape index (κ3) is 2.25. The van der Waals surface area contributed by atoms with Gasteiger partial charge in [0.15, 0.2) is 5.82 Å². The predicted octanol–water partition coefficient (Wildman–Crippen LogP) is 2.59. The molecule has 0 unspecified atom stereocenters. The molecule has 15 heavy (non-hydrogen) atoms. The first kappa shape index (κ1) is 9.93. The second-order valence-electron chi connectivity index (χ2n) is 3.04. The van der Waals surface area contributed by atoms with Crippen LogP contribution in [0, 0.1) is 0 Å². The molecule has 76 valence electrons. The van der Waals surface area contributed by atoms with Crippen molar-refractivity contribution in [3.63, 3.8) is 0 Å². The summed E-state index contributed by atoms with van der Waals surface area (Å²) in [4.78, 5) is 8.16. The van der Waals surface area contributed by atoms with Gasteiger partial charge in [0.25, 0.3) is 0 Å². The number of hydrogen-bond acceptors (Lipinski definition) is 3. The summed E-state index contributed by atoms with van der Waals surface area (Å²) in [7, 11) is 0. The van der Waals surface area contributed by atoms with Gasteiger partial charge < -0.3 is 5.11 Å². The molecule has 0 saturated carbocycles. The first-order valence-electron chi connectivity index (χ1n) is 4.48. The third-order valence-electron chi connectivity index (χ3n) is 1.93. The summed E-state index contributed by atoms with van der Waals surface area (Å²) in [5.74, 6) is 0.696. The van der Waals surface area contributed by atoms with E-state index in [2.05, 4.69) is 9.97 Å². The number of aromatic nitrogens is 2. The second kappa shape index (κ2) is 4.28. The van der Waals surface area contributed by atoms with Crippen molar-refractivity contribution in [3.05, 3.63) is 42.1 Å². The van der Waals surface area contributed by atoms with Gasteiger partial charge in [0.1, 0.15) is 0 Å². The average Bonchev–Trinajstić information content (AvgIpc) is 2.29. The fraction of sp³-hybridized carbons (Fsp3) is 0.0909. The Morgan fingerprint density at radius 2 is 1.87 bits per heavy atom. The molecule has 0 fully saturated rings. The van der Waals surface area contributed by atoms with E-state index < -0.39 is 0 Å². The molecule has 0 aliphatic carbocycles. The lowest BCUT2D eigenvalue weighted by molar-refractivity contribution is 0.452. The Morgan fingerprint density at radius 1 is 1.13 bits per heavy atom. The lowest BCUT2D eigenvalue weighted by Crippen LogP contribution is -1.93. The molecule has 1 N–H and O–H groups in total. The van der Waals surface area contributed by atoms with Gasteiger partial charge in [-0.2, -0.15) is 4.98 Å². The number of aromatic hydroxyl groups is 1. The van der Waals surface area contributed by atoms with Crippen LogP contribution in [0.2, 0.25) is 0 Å². The van der Waals surface area contributed by atoms with E-state index in [1.807, 2.05) is 30.3 Å². The highest BCUT2D eigenvalue weighted by atomic mass is 35.5. The zero-order valence-electron chi connectivity index (χ0n) is 7.89. The molecule has 2 aromatic rings. The van der Waals surface area contributed by atoms with E-state index in [-0.39, 0.29) is 11.8 Å². The average molecular weight is 221 g/mol. The van der Waals surface area contributed by atoms with Crippen LogP contribution in [0.1, 0.15) is 5.69 Å². The Kier molecular flexibility index (Phi) is 2.83.